The Balaban J connectivity index is 3.04. The Hall–Kier alpha value is -1.55. The predicted molar refractivity (Wildman–Crippen MR) is 65.5 cm³/mol. The first kappa shape index (κ1) is 12.5. The lowest BCUT2D eigenvalue weighted by Gasteiger charge is -2.03. The van der Waals surface area contributed by atoms with Gasteiger partial charge in [-0.05, 0) is 12.5 Å². The van der Waals surface area contributed by atoms with Crippen molar-refractivity contribution < 1.29 is 4.39 Å². The van der Waals surface area contributed by atoms with E-state index >= 15 is 0 Å². The van der Waals surface area contributed by atoms with Crippen LogP contribution in [-0.4, -0.2) is 19.1 Å². The molecule has 0 saturated heterocycles. The van der Waals surface area contributed by atoms with E-state index in [1.165, 1.54) is 6.07 Å². The minimum atomic E-state index is -0.312. The fourth-order valence-electron chi connectivity index (χ4n) is 1.29. The maximum Gasteiger partial charge on any atom is 0.154 e. The first-order valence-electron chi connectivity index (χ1n) is 5.21. The van der Waals surface area contributed by atoms with E-state index < -0.39 is 0 Å². The number of amidine groups is 1. The summed E-state index contributed by atoms with van der Waals surface area (Å²) in [5.41, 5.74) is 6.56. The summed E-state index contributed by atoms with van der Waals surface area (Å²) in [4.78, 5) is 8.17. The van der Waals surface area contributed by atoms with Crippen molar-refractivity contribution >= 4 is 12.1 Å². The number of hydrogen-bond donors (Lipinski definition) is 1. The molecule has 0 radical (unpaired) electrons. The minimum Gasteiger partial charge on any atom is -0.326 e. The lowest BCUT2D eigenvalue weighted by Crippen LogP contribution is -2.03. The summed E-state index contributed by atoms with van der Waals surface area (Å²) in [5.74, 6) is 0.220. The predicted octanol–water partition coefficient (Wildman–Crippen LogP) is 2.14. The van der Waals surface area contributed by atoms with Gasteiger partial charge in [0.15, 0.2) is 5.84 Å². The van der Waals surface area contributed by atoms with Gasteiger partial charge in [-0.2, -0.15) is 0 Å². The molecular weight excluding hydrogens is 205 g/mol. The molecule has 0 aliphatic rings. The Morgan fingerprint density at radius 3 is 2.75 bits per heavy atom. The molecule has 86 valence electrons. The molecule has 4 heteroatoms. The van der Waals surface area contributed by atoms with Gasteiger partial charge in [-0.15, -0.1) is 0 Å². The third kappa shape index (κ3) is 2.97. The number of hydrogen-bond acceptors (Lipinski definition) is 2. The molecule has 16 heavy (non-hydrogen) atoms. The number of rotatable bonds is 3. The zero-order valence-corrected chi connectivity index (χ0v) is 9.57. The van der Waals surface area contributed by atoms with Crippen molar-refractivity contribution in [3.8, 4) is 0 Å². The second kappa shape index (κ2) is 6.12. The van der Waals surface area contributed by atoms with Crippen LogP contribution in [0, 0.1) is 5.82 Å². The van der Waals surface area contributed by atoms with E-state index in [1.54, 1.807) is 25.4 Å². The summed E-state index contributed by atoms with van der Waals surface area (Å²) in [6.45, 7) is 2.18. The zero-order chi connectivity index (χ0) is 12.0. The Morgan fingerprint density at radius 1 is 1.50 bits per heavy atom. The van der Waals surface area contributed by atoms with Crippen LogP contribution in [0.4, 0.5) is 4.39 Å². The summed E-state index contributed by atoms with van der Waals surface area (Å²) in [7, 11) is 1.64. The molecule has 3 nitrogen and oxygen atoms in total. The van der Waals surface area contributed by atoms with Gasteiger partial charge in [0, 0.05) is 30.9 Å². The van der Waals surface area contributed by atoms with E-state index in [2.05, 4.69) is 9.98 Å². The fourth-order valence-corrected chi connectivity index (χ4v) is 1.29. The van der Waals surface area contributed by atoms with E-state index in [1.807, 2.05) is 6.92 Å². The van der Waals surface area contributed by atoms with Gasteiger partial charge in [0.25, 0.3) is 0 Å². The number of benzene rings is 1. The fraction of sp³-hybridized carbons (Fsp3) is 0.333. The van der Waals surface area contributed by atoms with Gasteiger partial charge in [0.1, 0.15) is 5.82 Å². The first-order chi connectivity index (χ1) is 7.72. The average molecular weight is 221 g/mol. The van der Waals surface area contributed by atoms with Crippen molar-refractivity contribution in [2.75, 3.05) is 7.05 Å². The zero-order valence-electron chi connectivity index (χ0n) is 9.57. The largest absolute Gasteiger partial charge is 0.326 e. The average Bonchev–Trinajstić information content (AvgIpc) is 2.30. The van der Waals surface area contributed by atoms with Gasteiger partial charge in [0.2, 0.25) is 0 Å². The lowest BCUT2D eigenvalue weighted by atomic mass is 10.1. The number of nitrogens with two attached hydrogens (primary N) is 1. The van der Waals surface area contributed by atoms with E-state index in [9.17, 15) is 4.39 Å². The first-order valence-corrected chi connectivity index (χ1v) is 5.21. The Labute approximate surface area is 94.9 Å². The molecule has 0 heterocycles. The van der Waals surface area contributed by atoms with Crippen molar-refractivity contribution in [3.63, 3.8) is 0 Å². The topological polar surface area (TPSA) is 50.7 Å². The smallest absolute Gasteiger partial charge is 0.154 e. The van der Waals surface area contributed by atoms with Crippen molar-refractivity contribution in [1.82, 2.24) is 0 Å². The van der Waals surface area contributed by atoms with Crippen LogP contribution in [-0.2, 0) is 6.54 Å². The minimum absolute atomic E-state index is 0.197. The Bertz CT molecular complexity index is 411. The second-order valence-electron chi connectivity index (χ2n) is 3.28. The molecule has 0 saturated carbocycles. The molecule has 0 spiro atoms. The van der Waals surface area contributed by atoms with Crippen LogP contribution >= 0.6 is 0 Å². The van der Waals surface area contributed by atoms with Crippen LogP contribution in [0.25, 0.3) is 0 Å². The SMILES string of the molecule is CCC=NC(=NC)c1ccc(CN)c(F)c1. The molecule has 0 fully saturated rings. The van der Waals surface area contributed by atoms with Crippen LogP contribution in [0.15, 0.2) is 28.2 Å². The molecule has 0 unspecified atom stereocenters. The molecule has 1 aromatic carbocycles. The quantitative estimate of drug-likeness (QED) is 0.617. The van der Waals surface area contributed by atoms with Gasteiger partial charge in [0.05, 0.1) is 0 Å². The van der Waals surface area contributed by atoms with Crippen molar-refractivity contribution in [2.45, 2.75) is 19.9 Å². The van der Waals surface area contributed by atoms with Crippen LogP contribution < -0.4 is 5.73 Å². The van der Waals surface area contributed by atoms with Crippen LogP contribution in [0.2, 0.25) is 0 Å². The standard InChI is InChI=1S/C12H16FN3/c1-3-6-16-12(15-2)9-4-5-10(8-14)11(13)7-9/h4-7H,3,8,14H2,1-2H3. The molecule has 0 atom stereocenters. The molecule has 1 aromatic rings. The molecule has 0 bridgehead atoms. The summed E-state index contributed by atoms with van der Waals surface area (Å²) in [6.07, 6.45) is 2.57. The van der Waals surface area contributed by atoms with E-state index in [0.29, 0.717) is 17.0 Å². The highest BCUT2D eigenvalue weighted by atomic mass is 19.1. The third-order valence-corrected chi connectivity index (χ3v) is 2.14. The molecular formula is C12H16FN3. The molecule has 1 rings (SSSR count). The molecule has 0 aromatic heterocycles. The van der Waals surface area contributed by atoms with Crippen molar-refractivity contribution in [1.29, 1.82) is 0 Å². The van der Waals surface area contributed by atoms with Crippen molar-refractivity contribution in [2.24, 2.45) is 15.7 Å². The molecule has 2 N–H and O–H groups in total. The van der Waals surface area contributed by atoms with Gasteiger partial charge in [-0.3, -0.25) is 4.99 Å². The summed E-state index contributed by atoms with van der Waals surface area (Å²) in [5, 5.41) is 0. The number of halogens is 1. The van der Waals surface area contributed by atoms with Gasteiger partial charge in [-0.25, -0.2) is 9.38 Å². The van der Waals surface area contributed by atoms with Crippen molar-refractivity contribution in [3.05, 3.63) is 35.1 Å². The van der Waals surface area contributed by atoms with E-state index in [4.69, 9.17) is 5.73 Å². The number of nitrogens with zero attached hydrogens (tertiary/aromatic N) is 2. The monoisotopic (exact) mass is 221 g/mol. The van der Waals surface area contributed by atoms with Gasteiger partial charge in [-0.1, -0.05) is 19.1 Å². The van der Waals surface area contributed by atoms with Gasteiger partial charge >= 0.3 is 0 Å². The maximum absolute atomic E-state index is 13.5. The Morgan fingerprint density at radius 2 is 2.25 bits per heavy atom. The highest BCUT2D eigenvalue weighted by Gasteiger charge is 2.05. The summed E-state index contributed by atoms with van der Waals surface area (Å²) >= 11 is 0. The molecule has 0 amide bonds. The molecule has 0 aliphatic carbocycles. The van der Waals surface area contributed by atoms with Crippen LogP contribution in [0.3, 0.4) is 0 Å². The van der Waals surface area contributed by atoms with Crippen LogP contribution in [0.5, 0.6) is 0 Å². The number of aliphatic imine (C=N–C) groups is 2. The van der Waals surface area contributed by atoms with Crippen LogP contribution in [0.1, 0.15) is 24.5 Å². The highest BCUT2D eigenvalue weighted by molar-refractivity contribution is 6.02. The maximum atomic E-state index is 13.5. The molecule has 0 aliphatic heterocycles. The summed E-state index contributed by atoms with van der Waals surface area (Å²) in [6, 6.07) is 4.86. The lowest BCUT2D eigenvalue weighted by molar-refractivity contribution is 0.610. The van der Waals surface area contributed by atoms with E-state index in [0.717, 1.165) is 6.42 Å². The summed E-state index contributed by atoms with van der Waals surface area (Å²) < 4.78 is 13.5. The third-order valence-electron chi connectivity index (χ3n) is 2.14. The highest BCUT2D eigenvalue weighted by Crippen LogP contribution is 2.11. The van der Waals surface area contributed by atoms with Gasteiger partial charge < -0.3 is 5.73 Å². The normalized spacial score (nSPS) is 12.4. The second-order valence-corrected chi connectivity index (χ2v) is 3.28. The van der Waals surface area contributed by atoms with E-state index in [-0.39, 0.29) is 12.4 Å². The Kier molecular flexibility index (Phi) is 4.79.